The van der Waals surface area contributed by atoms with Gasteiger partial charge in [0.25, 0.3) is 0 Å². The summed E-state index contributed by atoms with van der Waals surface area (Å²) in [4.78, 5) is 0. The van der Waals surface area contributed by atoms with Crippen LogP contribution in [0.3, 0.4) is 0 Å². The highest BCUT2D eigenvalue weighted by atomic mass is 35.5. The highest BCUT2D eigenvalue weighted by Crippen LogP contribution is 2.39. The summed E-state index contributed by atoms with van der Waals surface area (Å²) in [6.45, 7) is 0.377. The Bertz CT molecular complexity index is 1120. The fourth-order valence-corrected chi connectivity index (χ4v) is 3.59. The number of nitrogens with zero attached hydrogens (tertiary/aromatic N) is 3. The second kappa shape index (κ2) is 7.76. The van der Waals surface area contributed by atoms with Gasteiger partial charge in [0.15, 0.2) is 5.60 Å². The van der Waals surface area contributed by atoms with Crippen LogP contribution in [0.1, 0.15) is 11.1 Å². The van der Waals surface area contributed by atoms with Gasteiger partial charge in [0.2, 0.25) is 0 Å². The van der Waals surface area contributed by atoms with Crippen LogP contribution in [0, 0.1) is 0 Å². The van der Waals surface area contributed by atoms with E-state index in [2.05, 4.69) is 10.3 Å². The summed E-state index contributed by atoms with van der Waals surface area (Å²) < 4.78 is 1.74. The zero-order valence-electron chi connectivity index (χ0n) is 14.8. The van der Waals surface area contributed by atoms with Crippen molar-refractivity contribution in [1.82, 2.24) is 15.0 Å². The molecule has 1 aromatic heterocycles. The van der Waals surface area contributed by atoms with Gasteiger partial charge in [-0.1, -0.05) is 83.0 Å². The number of aromatic nitrogens is 3. The second-order valence-electron chi connectivity index (χ2n) is 6.40. The molecule has 6 heteroatoms. The number of hydrogen-bond donors (Lipinski definition) is 1. The third kappa shape index (κ3) is 3.42. The van der Waals surface area contributed by atoms with Crippen molar-refractivity contribution in [3.63, 3.8) is 0 Å². The zero-order chi connectivity index (χ0) is 19.6. The molecule has 1 unspecified atom stereocenters. The predicted molar refractivity (Wildman–Crippen MR) is 112 cm³/mol. The first kappa shape index (κ1) is 18.7. The summed E-state index contributed by atoms with van der Waals surface area (Å²) in [6, 6.07) is 24.0. The predicted octanol–water partition coefficient (Wildman–Crippen LogP) is 5.14. The van der Waals surface area contributed by atoms with Crippen molar-refractivity contribution in [3.05, 3.63) is 106 Å². The number of para-hydroxylation sites is 1. The van der Waals surface area contributed by atoms with E-state index in [1.165, 1.54) is 0 Å². The van der Waals surface area contributed by atoms with Crippen LogP contribution in [-0.2, 0) is 12.1 Å². The van der Waals surface area contributed by atoms with Crippen molar-refractivity contribution < 1.29 is 5.11 Å². The van der Waals surface area contributed by atoms with E-state index in [0.29, 0.717) is 22.7 Å². The van der Waals surface area contributed by atoms with Crippen molar-refractivity contribution in [3.8, 4) is 0 Å². The molecule has 0 amide bonds. The molecule has 0 aliphatic heterocycles. The Morgan fingerprint density at radius 1 is 0.929 bits per heavy atom. The maximum absolute atomic E-state index is 11.7. The van der Waals surface area contributed by atoms with Crippen LogP contribution in [-0.4, -0.2) is 20.1 Å². The standard InChI is InChI=1S/C22H17Cl2N3O/c23-18-12-10-17(11-13-18)22(28,16-6-2-1-3-7-16)21(24)14-15-27-20-9-5-4-8-19(20)25-26-27/h1-14,28H,15H2/b21-14-. The number of rotatable bonds is 5. The monoisotopic (exact) mass is 409 g/mol. The van der Waals surface area contributed by atoms with Crippen LogP contribution in [0.5, 0.6) is 0 Å². The first-order valence-corrected chi connectivity index (χ1v) is 9.53. The highest BCUT2D eigenvalue weighted by molar-refractivity contribution is 6.31. The van der Waals surface area contributed by atoms with E-state index in [4.69, 9.17) is 23.2 Å². The van der Waals surface area contributed by atoms with Crippen LogP contribution in [0.15, 0.2) is 90.0 Å². The molecule has 28 heavy (non-hydrogen) atoms. The lowest BCUT2D eigenvalue weighted by atomic mass is 9.85. The molecule has 1 heterocycles. The molecule has 3 aromatic carbocycles. The molecular formula is C22H17Cl2N3O. The van der Waals surface area contributed by atoms with Gasteiger partial charge in [-0.05, 0) is 41.5 Å². The van der Waals surface area contributed by atoms with E-state index in [-0.39, 0.29) is 5.03 Å². The maximum Gasteiger partial charge on any atom is 0.150 e. The minimum Gasteiger partial charge on any atom is -0.375 e. The van der Waals surface area contributed by atoms with E-state index in [1.54, 1.807) is 35.0 Å². The molecule has 0 bridgehead atoms. The van der Waals surface area contributed by atoms with Gasteiger partial charge in [0.05, 0.1) is 17.1 Å². The van der Waals surface area contributed by atoms with Crippen LogP contribution in [0.2, 0.25) is 5.02 Å². The Morgan fingerprint density at radius 3 is 2.32 bits per heavy atom. The number of hydrogen-bond acceptors (Lipinski definition) is 3. The van der Waals surface area contributed by atoms with Gasteiger partial charge in [-0.3, -0.25) is 0 Å². The quantitative estimate of drug-likeness (QED) is 0.496. The number of fused-ring (bicyclic) bond motifs is 1. The van der Waals surface area contributed by atoms with Gasteiger partial charge < -0.3 is 5.11 Å². The maximum atomic E-state index is 11.7. The normalized spacial score (nSPS) is 14.2. The second-order valence-corrected chi connectivity index (χ2v) is 7.24. The molecule has 0 radical (unpaired) electrons. The topological polar surface area (TPSA) is 50.9 Å². The molecule has 1 atom stereocenters. The SMILES string of the molecule is OC(/C(Cl)=C/Cn1nnc2ccccc21)(c1ccccc1)c1ccc(Cl)cc1. The van der Waals surface area contributed by atoms with Gasteiger partial charge >= 0.3 is 0 Å². The summed E-state index contributed by atoms with van der Waals surface area (Å²) in [5, 5.41) is 20.9. The Hall–Kier alpha value is -2.66. The minimum atomic E-state index is -1.50. The van der Waals surface area contributed by atoms with E-state index >= 15 is 0 Å². The average molecular weight is 410 g/mol. The van der Waals surface area contributed by atoms with Crippen molar-refractivity contribution in [2.75, 3.05) is 0 Å². The van der Waals surface area contributed by atoms with Crippen molar-refractivity contribution in [1.29, 1.82) is 0 Å². The average Bonchev–Trinajstić information content (AvgIpc) is 3.15. The third-order valence-corrected chi connectivity index (χ3v) is 5.34. The van der Waals surface area contributed by atoms with E-state index in [0.717, 1.165) is 11.0 Å². The molecule has 4 aromatic rings. The molecule has 1 N–H and O–H groups in total. The highest BCUT2D eigenvalue weighted by Gasteiger charge is 2.35. The van der Waals surface area contributed by atoms with Crippen molar-refractivity contribution in [2.24, 2.45) is 0 Å². The Balaban J connectivity index is 1.75. The fraction of sp³-hybridized carbons (Fsp3) is 0.0909. The van der Waals surface area contributed by atoms with E-state index in [9.17, 15) is 5.11 Å². The Morgan fingerprint density at radius 2 is 1.57 bits per heavy atom. The lowest BCUT2D eigenvalue weighted by Gasteiger charge is -2.29. The third-order valence-electron chi connectivity index (χ3n) is 4.66. The first-order chi connectivity index (χ1) is 13.6. The van der Waals surface area contributed by atoms with Crippen LogP contribution >= 0.6 is 23.2 Å². The number of allylic oxidation sites excluding steroid dienone is 1. The van der Waals surface area contributed by atoms with Crippen molar-refractivity contribution >= 4 is 34.2 Å². The van der Waals surface area contributed by atoms with Gasteiger partial charge in [0, 0.05) is 5.02 Å². The number of aliphatic hydroxyl groups is 1. The summed E-state index contributed by atoms with van der Waals surface area (Å²) in [7, 11) is 0. The molecule has 0 spiro atoms. The summed E-state index contributed by atoms with van der Waals surface area (Å²) in [5.41, 5.74) is 1.51. The zero-order valence-corrected chi connectivity index (χ0v) is 16.3. The molecule has 4 rings (SSSR count). The smallest absolute Gasteiger partial charge is 0.150 e. The summed E-state index contributed by atoms with van der Waals surface area (Å²) in [6.07, 6.45) is 1.75. The van der Waals surface area contributed by atoms with Gasteiger partial charge in [-0.25, -0.2) is 4.68 Å². The minimum absolute atomic E-state index is 0.278. The molecular weight excluding hydrogens is 393 g/mol. The van der Waals surface area contributed by atoms with E-state index in [1.807, 2.05) is 54.6 Å². The van der Waals surface area contributed by atoms with Crippen LogP contribution in [0.4, 0.5) is 0 Å². The first-order valence-electron chi connectivity index (χ1n) is 8.77. The molecule has 4 nitrogen and oxygen atoms in total. The van der Waals surface area contributed by atoms with Crippen LogP contribution < -0.4 is 0 Å². The summed E-state index contributed by atoms with van der Waals surface area (Å²) >= 11 is 12.7. The fourth-order valence-electron chi connectivity index (χ4n) is 3.18. The van der Waals surface area contributed by atoms with Gasteiger partial charge in [-0.2, -0.15) is 0 Å². The van der Waals surface area contributed by atoms with Gasteiger partial charge in [-0.15, -0.1) is 5.10 Å². The van der Waals surface area contributed by atoms with E-state index < -0.39 is 5.60 Å². The Labute approximate surface area is 172 Å². The Kier molecular flexibility index (Phi) is 5.18. The lowest BCUT2D eigenvalue weighted by Crippen LogP contribution is -2.28. The largest absolute Gasteiger partial charge is 0.375 e. The molecule has 140 valence electrons. The summed E-state index contributed by atoms with van der Waals surface area (Å²) in [5.74, 6) is 0. The molecule has 0 aliphatic rings. The van der Waals surface area contributed by atoms with Gasteiger partial charge in [0.1, 0.15) is 5.52 Å². The molecule has 0 aliphatic carbocycles. The molecule has 0 saturated heterocycles. The number of halogens is 2. The molecule has 0 fully saturated rings. The molecule has 0 saturated carbocycles. The van der Waals surface area contributed by atoms with Crippen LogP contribution in [0.25, 0.3) is 11.0 Å². The van der Waals surface area contributed by atoms with Crippen molar-refractivity contribution in [2.45, 2.75) is 12.1 Å². The lowest BCUT2D eigenvalue weighted by molar-refractivity contribution is 0.129. The number of benzene rings is 3.